The molecule has 1 aliphatic carbocycles. The normalized spacial score (nSPS) is 23.7. The Morgan fingerprint density at radius 1 is 1.41 bits per heavy atom. The van der Waals surface area contributed by atoms with Crippen LogP contribution in [0, 0.1) is 11.8 Å². The molecule has 96 valence electrons. The Morgan fingerprint density at radius 3 is 2.41 bits per heavy atom. The van der Waals surface area contributed by atoms with E-state index in [0.717, 1.165) is 0 Å². The summed E-state index contributed by atoms with van der Waals surface area (Å²) in [6.45, 7) is 4.01. The minimum atomic E-state index is -0.949. The van der Waals surface area contributed by atoms with Crippen molar-refractivity contribution in [3.05, 3.63) is 0 Å². The maximum absolute atomic E-state index is 11.7. The van der Waals surface area contributed by atoms with Crippen molar-refractivity contribution in [3.8, 4) is 0 Å². The fourth-order valence-electron chi connectivity index (χ4n) is 1.63. The molecule has 6 nitrogen and oxygen atoms in total. The van der Waals surface area contributed by atoms with E-state index in [1.165, 1.54) is 4.90 Å². The average molecular weight is 242 g/mol. The van der Waals surface area contributed by atoms with E-state index in [1.807, 2.05) is 6.92 Å². The molecule has 0 aromatic rings. The topological polar surface area (TPSA) is 86.7 Å². The predicted octanol–water partition coefficient (Wildman–Crippen LogP) is -0.310. The van der Waals surface area contributed by atoms with E-state index in [0.29, 0.717) is 13.0 Å². The Morgan fingerprint density at radius 2 is 2.00 bits per heavy atom. The third kappa shape index (κ3) is 3.18. The Labute approximate surface area is 100.0 Å². The van der Waals surface area contributed by atoms with E-state index in [9.17, 15) is 14.4 Å². The van der Waals surface area contributed by atoms with Gasteiger partial charge >= 0.3 is 5.97 Å². The summed E-state index contributed by atoms with van der Waals surface area (Å²) in [5.74, 6) is -2.53. The van der Waals surface area contributed by atoms with Gasteiger partial charge in [-0.2, -0.15) is 0 Å². The van der Waals surface area contributed by atoms with Gasteiger partial charge in [0.25, 0.3) is 0 Å². The maximum atomic E-state index is 11.7. The van der Waals surface area contributed by atoms with Crippen LogP contribution in [0.3, 0.4) is 0 Å². The van der Waals surface area contributed by atoms with Crippen LogP contribution in [0.25, 0.3) is 0 Å². The van der Waals surface area contributed by atoms with Gasteiger partial charge < -0.3 is 15.3 Å². The molecule has 2 N–H and O–H groups in total. The van der Waals surface area contributed by atoms with Gasteiger partial charge in [-0.3, -0.25) is 14.4 Å². The minimum Gasteiger partial charge on any atom is -0.481 e. The molecule has 0 heterocycles. The summed E-state index contributed by atoms with van der Waals surface area (Å²) in [5.41, 5.74) is 0. The summed E-state index contributed by atoms with van der Waals surface area (Å²) in [6.07, 6.45) is 0.367. The van der Waals surface area contributed by atoms with E-state index in [4.69, 9.17) is 5.11 Å². The van der Waals surface area contributed by atoms with Crippen molar-refractivity contribution in [3.63, 3.8) is 0 Å². The zero-order valence-corrected chi connectivity index (χ0v) is 10.3. The van der Waals surface area contributed by atoms with Crippen molar-refractivity contribution in [1.82, 2.24) is 10.2 Å². The Balaban J connectivity index is 2.42. The summed E-state index contributed by atoms with van der Waals surface area (Å²) < 4.78 is 0. The number of nitrogens with one attached hydrogen (secondary N) is 1. The van der Waals surface area contributed by atoms with Gasteiger partial charge in [-0.1, -0.05) is 0 Å². The third-order valence-electron chi connectivity index (χ3n) is 3.02. The smallest absolute Gasteiger partial charge is 0.307 e. The van der Waals surface area contributed by atoms with Crippen molar-refractivity contribution in [1.29, 1.82) is 0 Å². The lowest BCUT2D eigenvalue weighted by atomic mass is 10.2. The molecule has 0 aromatic heterocycles. The zero-order chi connectivity index (χ0) is 13.2. The molecule has 6 heteroatoms. The standard InChI is InChI=1S/C11H18N2O4/c1-4-13(3)10(15)6(2)12-9(14)7-5-8(7)11(16)17/h6-8H,4-5H2,1-3H3,(H,12,14)(H,16,17). The largest absolute Gasteiger partial charge is 0.481 e. The molecule has 0 aromatic carbocycles. The Kier molecular flexibility index (Phi) is 4.09. The van der Waals surface area contributed by atoms with Gasteiger partial charge in [0.2, 0.25) is 11.8 Å². The molecule has 2 amide bonds. The monoisotopic (exact) mass is 242 g/mol. The van der Waals surface area contributed by atoms with Crippen LogP contribution < -0.4 is 5.32 Å². The first kappa shape index (κ1) is 13.5. The molecule has 0 aliphatic heterocycles. The van der Waals surface area contributed by atoms with Crippen LogP contribution in [-0.4, -0.2) is 47.4 Å². The summed E-state index contributed by atoms with van der Waals surface area (Å²) >= 11 is 0. The minimum absolute atomic E-state index is 0.173. The third-order valence-corrected chi connectivity index (χ3v) is 3.02. The van der Waals surface area contributed by atoms with E-state index in [2.05, 4.69) is 5.32 Å². The number of aliphatic carboxylic acids is 1. The number of carbonyl (C=O) groups is 3. The average Bonchev–Trinajstić information content (AvgIpc) is 3.06. The van der Waals surface area contributed by atoms with Crippen LogP contribution in [0.4, 0.5) is 0 Å². The SMILES string of the molecule is CCN(C)C(=O)C(C)NC(=O)C1CC1C(=O)O. The maximum Gasteiger partial charge on any atom is 0.307 e. The second-order valence-corrected chi connectivity index (χ2v) is 4.37. The fourth-order valence-corrected chi connectivity index (χ4v) is 1.63. The lowest BCUT2D eigenvalue weighted by molar-refractivity contribution is -0.140. The molecular formula is C11H18N2O4. The van der Waals surface area contributed by atoms with E-state index < -0.39 is 23.8 Å². The van der Waals surface area contributed by atoms with Crippen molar-refractivity contribution in [2.45, 2.75) is 26.3 Å². The molecule has 0 spiro atoms. The first-order valence-electron chi connectivity index (χ1n) is 5.66. The van der Waals surface area contributed by atoms with Crippen molar-refractivity contribution in [2.75, 3.05) is 13.6 Å². The van der Waals surface area contributed by atoms with E-state index in [1.54, 1.807) is 14.0 Å². The molecule has 0 saturated heterocycles. The van der Waals surface area contributed by atoms with E-state index in [-0.39, 0.29) is 11.8 Å². The van der Waals surface area contributed by atoms with Crippen LogP contribution in [0.15, 0.2) is 0 Å². The first-order valence-corrected chi connectivity index (χ1v) is 5.66. The molecule has 1 rings (SSSR count). The molecule has 0 bridgehead atoms. The molecular weight excluding hydrogens is 224 g/mol. The van der Waals surface area contributed by atoms with Crippen LogP contribution in [0.1, 0.15) is 20.3 Å². The van der Waals surface area contributed by atoms with Crippen LogP contribution in [0.2, 0.25) is 0 Å². The van der Waals surface area contributed by atoms with Gasteiger partial charge in [-0.05, 0) is 20.3 Å². The molecule has 3 unspecified atom stereocenters. The fraction of sp³-hybridized carbons (Fsp3) is 0.727. The van der Waals surface area contributed by atoms with Gasteiger partial charge in [-0.25, -0.2) is 0 Å². The molecule has 17 heavy (non-hydrogen) atoms. The highest BCUT2D eigenvalue weighted by Gasteiger charge is 2.48. The molecule has 1 fully saturated rings. The molecule has 1 saturated carbocycles. The second kappa shape index (κ2) is 5.16. The Bertz CT molecular complexity index is 342. The van der Waals surface area contributed by atoms with Gasteiger partial charge in [0.15, 0.2) is 0 Å². The lowest BCUT2D eigenvalue weighted by Crippen LogP contribution is -2.46. The predicted molar refractivity (Wildman–Crippen MR) is 60.1 cm³/mol. The number of rotatable bonds is 5. The number of hydrogen-bond donors (Lipinski definition) is 2. The lowest BCUT2D eigenvalue weighted by Gasteiger charge is -2.20. The highest BCUT2D eigenvalue weighted by atomic mass is 16.4. The zero-order valence-electron chi connectivity index (χ0n) is 10.3. The van der Waals surface area contributed by atoms with Gasteiger partial charge in [-0.15, -0.1) is 0 Å². The van der Waals surface area contributed by atoms with Crippen LogP contribution >= 0.6 is 0 Å². The number of likely N-dealkylation sites (N-methyl/N-ethyl adjacent to an activating group) is 1. The van der Waals surface area contributed by atoms with Gasteiger partial charge in [0, 0.05) is 13.6 Å². The number of hydrogen-bond acceptors (Lipinski definition) is 3. The molecule has 1 aliphatic rings. The van der Waals surface area contributed by atoms with Crippen molar-refractivity contribution in [2.24, 2.45) is 11.8 Å². The number of carboxylic acid groups (broad SMARTS) is 1. The highest BCUT2D eigenvalue weighted by Crippen LogP contribution is 2.38. The second-order valence-electron chi connectivity index (χ2n) is 4.37. The number of amides is 2. The number of carboxylic acids is 1. The number of carbonyl (C=O) groups excluding carboxylic acids is 2. The molecule has 3 atom stereocenters. The van der Waals surface area contributed by atoms with Crippen LogP contribution in [-0.2, 0) is 14.4 Å². The van der Waals surface area contributed by atoms with Crippen molar-refractivity contribution >= 4 is 17.8 Å². The van der Waals surface area contributed by atoms with Crippen molar-refractivity contribution < 1.29 is 19.5 Å². The quantitative estimate of drug-likeness (QED) is 0.692. The summed E-state index contributed by atoms with van der Waals surface area (Å²) in [4.78, 5) is 35.4. The summed E-state index contributed by atoms with van der Waals surface area (Å²) in [5, 5.41) is 11.2. The Hall–Kier alpha value is -1.59. The molecule has 0 radical (unpaired) electrons. The first-order chi connectivity index (χ1) is 7.88. The van der Waals surface area contributed by atoms with E-state index >= 15 is 0 Å². The van der Waals surface area contributed by atoms with Gasteiger partial charge in [0.05, 0.1) is 11.8 Å². The summed E-state index contributed by atoms with van der Waals surface area (Å²) in [7, 11) is 1.65. The van der Waals surface area contributed by atoms with Gasteiger partial charge in [0.1, 0.15) is 6.04 Å². The summed E-state index contributed by atoms with van der Waals surface area (Å²) in [6, 6.07) is -0.609. The van der Waals surface area contributed by atoms with Crippen LogP contribution in [0.5, 0.6) is 0 Å². The highest BCUT2D eigenvalue weighted by molar-refractivity contribution is 5.92. The number of nitrogens with zero attached hydrogens (tertiary/aromatic N) is 1.